The topological polar surface area (TPSA) is 24.4 Å². The fourth-order valence-electron chi connectivity index (χ4n) is 2.16. The van der Waals surface area contributed by atoms with Crippen LogP contribution < -0.4 is 5.32 Å². The minimum absolute atomic E-state index is 0.392. The second kappa shape index (κ2) is 3.69. The summed E-state index contributed by atoms with van der Waals surface area (Å²) in [6.45, 7) is 3.36. The van der Waals surface area contributed by atoms with Gasteiger partial charge in [-0.25, -0.2) is 0 Å². The lowest BCUT2D eigenvalue weighted by Crippen LogP contribution is -2.50. The molecule has 0 atom stereocenters. The van der Waals surface area contributed by atoms with Crippen LogP contribution in [0.4, 0.5) is 0 Å². The SMILES string of the molecule is CC1(NC2=NCCCCC2)CCC1. The number of rotatable bonds is 1. The van der Waals surface area contributed by atoms with Crippen LogP contribution in [0, 0.1) is 0 Å². The van der Waals surface area contributed by atoms with Crippen LogP contribution in [0.15, 0.2) is 4.99 Å². The fourth-order valence-corrected chi connectivity index (χ4v) is 2.16. The van der Waals surface area contributed by atoms with Crippen molar-refractivity contribution in [3.8, 4) is 0 Å². The summed E-state index contributed by atoms with van der Waals surface area (Å²) in [4.78, 5) is 4.60. The van der Waals surface area contributed by atoms with Crippen molar-refractivity contribution < 1.29 is 0 Å². The zero-order valence-corrected chi connectivity index (χ0v) is 8.60. The van der Waals surface area contributed by atoms with Crippen molar-refractivity contribution >= 4 is 5.84 Å². The van der Waals surface area contributed by atoms with Crippen LogP contribution in [-0.2, 0) is 0 Å². The summed E-state index contributed by atoms with van der Waals surface area (Å²) in [7, 11) is 0. The Morgan fingerprint density at radius 2 is 2.00 bits per heavy atom. The minimum Gasteiger partial charge on any atom is -0.369 e. The predicted molar refractivity (Wildman–Crippen MR) is 56.2 cm³/mol. The van der Waals surface area contributed by atoms with Crippen LogP contribution in [0.25, 0.3) is 0 Å². The lowest BCUT2D eigenvalue weighted by Gasteiger charge is -2.40. The first kappa shape index (κ1) is 9.04. The molecule has 1 N–H and O–H groups in total. The second-order valence-electron chi connectivity index (χ2n) is 4.68. The molecule has 1 fully saturated rings. The number of aliphatic imine (C=N–C) groups is 1. The van der Waals surface area contributed by atoms with Gasteiger partial charge in [0.15, 0.2) is 0 Å². The average molecular weight is 180 g/mol. The zero-order chi connectivity index (χ0) is 9.15. The largest absolute Gasteiger partial charge is 0.369 e. The van der Waals surface area contributed by atoms with E-state index in [0.29, 0.717) is 5.54 Å². The molecular weight excluding hydrogens is 160 g/mol. The first-order valence-corrected chi connectivity index (χ1v) is 5.60. The van der Waals surface area contributed by atoms with Gasteiger partial charge in [-0.15, -0.1) is 0 Å². The van der Waals surface area contributed by atoms with E-state index in [-0.39, 0.29) is 0 Å². The first-order chi connectivity index (χ1) is 6.29. The van der Waals surface area contributed by atoms with E-state index in [1.807, 2.05) is 0 Å². The Labute approximate surface area is 80.8 Å². The van der Waals surface area contributed by atoms with Crippen LogP contribution in [0.2, 0.25) is 0 Å². The molecular formula is C11H20N2. The zero-order valence-electron chi connectivity index (χ0n) is 8.60. The van der Waals surface area contributed by atoms with Gasteiger partial charge in [0.2, 0.25) is 0 Å². The lowest BCUT2D eigenvalue weighted by atomic mass is 9.78. The van der Waals surface area contributed by atoms with Crippen LogP contribution >= 0.6 is 0 Å². The van der Waals surface area contributed by atoms with Crippen molar-refractivity contribution in [2.24, 2.45) is 4.99 Å². The maximum absolute atomic E-state index is 4.60. The summed E-state index contributed by atoms with van der Waals surface area (Å²) in [6.07, 6.45) is 9.17. The Morgan fingerprint density at radius 3 is 2.69 bits per heavy atom. The highest BCUT2D eigenvalue weighted by atomic mass is 15.1. The predicted octanol–water partition coefficient (Wildman–Crippen LogP) is 2.49. The summed E-state index contributed by atoms with van der Waals surface area (Å²) in [6, 6.07) is 0. The van der Waals surface area contributed by atoms with Crippen molar-refractivity contribution in [3.63, 3.8) is 0 Å². The van der Waals surface area contributed by atoms with Crippen molar-refractivity contribution in [1.82, 2.24) is 5.32 Å². The molecule has 0 aromatic carbocycles. The van der Waals surface area contributed by atoms with Gasteiger partial charge >= 0.3 is 0 Å². The van der Waals surface area contributed by atoms with E-state index in [1.54, 1.807) is 0 Å². The van der Waals surface area contributed by atoms with Gasteiger partial charge in [-0.3, -0.25) is 4.99 Å². The Kier molecular flexibility index (Phi) is 2.56. The van der Waals surface area contributed by atoms with E-state index in [2.05, 4.69) is 17.2 Å². The molecule has 0 spiro atoms. The van der Waals surface area contributed by atoms with Crippen molar-refractivity contribution in [1.29, 1.82) is 0 Å². The van der Waals surface area contributed by atoms with E-state index >= 15 is 0 Å². The summed E-state index contributed by atoms with van der Waals surface area (Å²) >= 11 is 0. The number of nitrogens with zero attached hydrogens (tertiary/aromatic N) is 1. The molecule has 2 heteroatoms. The molecule has 13 heavy (non-hydrogen) atoms. The molecule has 2 aliphatic rings. The van der Waals surface area contributed by atoms with E-state index in [1.165, 1.54) is 50.8 Å². The Hall–Kier alpha value is -0.530. The highest BCUT2D eigenvalue weighted by Gasteiger charge is 2.32. The van der Waals surface area contributed by atoms with Gasteiger partial charge in [-0.05, 0) is 39.0 Å². The van der Waals surface area contributed by atoms with Gasteiger partial charge in [0.25, 0.3) is 0 Å². The molecule has 0 radical (unpaired) electrons. The third-order valence-corrected chi connectivity index (χ3v) is 3.28. The smallest absolute Gasteiger partial charge is 0.0967 e. The quantitative estimate of drug-likeness (QED) is 0.658. The van der Waals surface area contributed by atoms with Crippen LogP contribution in [0.5, 0.6) is 0 Å². The number of hydrogen-bond acceptors (Lipinski definition) is 2. The van der Waals surface area contributed by atoms with Gasteiger partial charge in [0.05, 0.1) is 5.84 Å². The lowest BCUT2D eigenvalue weighted by molar-refractivity contribution is 0.242. The maximum atomic E-state index is 4.60. The molecule has 2 rings (SSSR count). The number of amidine groups is 1. The second-order valence-corrected chi connectivity index (χ2v) is 4.68. The van der Waals surface area contributed by atoms with Gasteiger partial charge < -0.3 is 5.32 Å². The third-order valence-electron chi connectivity index (χ3n) is 3.28. The Morgan fingerprint density at radius 1 is 1.15 bits per heavy atom. The van der Waals surface area contributed by atoms with Crippen molar-refractivity contribution in [2.45, 2.75) is 57.4 Å². The minimum atomic E-state index is 0.392. The fraction of sp³-hybridized carbons (Fsp3) is 0.909. The summed E-state index contributed by atoms with van der Waals surface area (Å²) in [5, 5.41) is 3.62. The van der Waals surface area contributed by atoms with Gasteiger partial charge in [0.1, 0.15) is 0 Å². The molecule has 0 unspecified atom stereocenters. The first-order valence-electron chi connectivity index (χ1n) is 5.60. The van der Waals surface area contributed by atoms with Crippen LogP contribution in [-0.4, -0.2) is 17.9 Å². The number of nitrogens with one attached hydrogen (secondary N) is 1. The van der Waals surface area contributed by atoms with E-state index in [9.17, 15) is 0 Å². The Bertz CT molecular complexity index is 204. The molecule has 74 valence electrons. The molecule has 1 aliphatic heterocycles. The molecule has 0 aromatic heterocycles. The molecule has 0 saturated heterocycles. The van der Waals surface area contributed by atoms with E-state index in [0.717, 1.165) is 6.54 Å². The summed E-state index contributed by atoms with van der Waals surface area (Å²) < 4.78 is 0. The molecule has 0 aromatic rings. The molecule has 2 nitrogen and oxygen atoms in total. The standard InChI is InChI=1S/C11H20N2/c1-11(7-5-8-11)13-10-6-3-2-4-9-12-10/h2-9H2,1H3,(H,12,13). The van der Waals surface area contributed by atoms with E-state index in [4.69, 9.17) is 0 Å². The average Bonchev–Trinajstić information content (AvgIpc) is 2.30. The van der Waals surface area contributed by atoms with Crippen molar-refractivity contribution in [3.05, 3.63) is 0 Å². The molecule has 1 heterocycles. The monoisotopic (exact) mass is 180 g/mol. The summed E-state index contributed by atoms with van der Waals surface area (Å²) in [5.74, 6) is 1.28. The maximum Gasteiger partial charge on any atom is 0.0967 e. The highest BCUT2D eigenvalue weighted by Crippen LogP contribution is 2.31. The molecule has 0 bridgehead atoms. The molecule has 1 aliphatic carbocycles. The molecule has 0 amide bonds. The summed E-state index contributed by atoms with van der Waals surface area (Å²) in [5.41, 5.74) is 0.392. The van der Waals surface area contributed by atoms with Crippen molar-refractivity contribution in [2.75, 3.05) is 6.54 Å². The van der Waals surface area contributed by atoms with E-state index < -0.39 is 0 Å². The van der Waals surface area contributed by atoms with Gasteiger partial charge in [-0.2, -0.15) is 0 Å². The molecule has 1 saturated carbocycles. The number of hydrogen-bond donors (Lipinski definition) is 1. The Balaban J connectivity index is 1.88. The van der Waals surface area contributed by atoms with Crippen LogP contribution in [0.3, 0.4) is 0 Å². The van der Waals surface area contributed by atoms with Gasteiger partial charge in [-0.1, -0.05) is 6.42 Å². The van der Waals surface area contributed by atoms with Crippen LogP contribution in [0.1, 0.15) is 51.9 Å². The van der Waals surface area contributed by atoms with Gasteiger partial charge in [0, 0.05) is 18.5 Å². The third kappa shape index (κ3) is 2.23. The normalized spacial score (nSPS) is 27.0. The highest BCUT2D eigenvalue weighted by molar-refractivity contribution is 5.83.